The lowest BCUT2D eigenvalue weighted by molar-refractivity contribution is 0.0809. The molecule has 0 spiro atoms. The molecule has 0 saturated carbocycles. The zero-order chi connectivity index (χ0) is 17.0. The minimum Gasteiger partial charge on any atom is -0.493 e. The van der Waals surface area contributed by atoms with Crippen LogP contribution in [0.2, 0.25) is 0 Å². The van der Waals surface area contributed by atoms with Crippen molar-refractivity contribution in [2.24, 2.45) is 0 Å². The molecule has 0 fully saturated rings. The van der Waals surface area contributed by atoms with Crippen molar-refractivity contribution in [3.8, 4) is 11.5 Å². The fourth-order valence-electron chi connectivity index (χ4n) is 1.98. The molecular formula is C16H24O5S. The van der Waals surface area contributed by atoms with Crippen LogP contribution in [-0.4, -0.2) is 39.1 Å². The fraction of sp³-hybridized carbons (Fsp3) is 0.500. The third kappa shape index (κ3) is 5.35. The van der Waals surface area contributed by atoms with Gasteiger partial charge in [0.05, 0.1) is 25.6 Å². The second kappa shape index (κ2) is 7.15. The van der Waals surface area contributed by atoms with E-state index in [0.29, 0.717) is 23.5 Å². The first-order valence-electron chi connectivity index (χ1n) is 7.00. The van der Waals surface area contributed by atoms with Gasteiger partial charge in [-0.25, -0.2) is 8.42 Å². The Labute approximate surface area is 132 Å². The third-order valence-electron chi connectivity index (χ3n) is 3.13. The van der Waals surface area contributed by atoms with Crippen LogP contribution >= 0.6 is 0 Å². The average Bonchev–Trinajstić information content (AvgIpc) is 2.43. The van der Waals surface area contributed by atoms with Gasteiger partial charge in [0.1, 0.15) is 0 Å². The van der Waals surface area contributed by atoms with E-state index in [1.54, 1.807) is 32.9 Å². The van der Waals surface area contributed by atoms with Crippen LogP contribution < -0.4 is 9.47 Å². The highest BCUT2D eigenvalue weighted by Crippen LogP contribution is 2.33. The van der Waals surface area contributed by atoms with Crippen molar-refractivity contribution in [3.05, 3.63) is 28.7 Å². The number of methoxy groups -OCH3 is 2. The summed E-state index contributed by atoms with van der Waals surface area (Å²) in [5.74, 6) is 1.09. The lowest BCUT2D eigenvalue weighted by Gasteiger charge is -2.20. The van der Waals surface area contributed by atoms with Crippen LogP contribution in [0.4, 0.5) is 0 Å². The lowest BCUT2D eigenvalue weighted by Crippen LogP contribution is -2.22. The molecule has 0 aliphatic rings. The summed E-state index contributed by atoms with van der Waals surface area (Å²) in [5.41, 5.74) is 0.538. The molecule has 0 aromatic heterocycles. The minimum absolute atomic E-state index is 0.0393. The monoisotopic (exact) mass is 328 g/mol. The molecule has 124 valence electrons. The van der Waals surface area contributed by atoms with E-state index in [0.717, 1.165) is 5.56 Å². The first-order valence-corrected chi connectivity index (χ1v) is 8.71. The number of aliphatic hydroxyl groups is 1. The maximum Gasteiger partial charge on any atom is 0.171 e. The molecule has 0 aliphatic heterocycles. The smallest absolute Gasteiger partial charge is 0.171 e. The van der Waals surface area contributed by atoms with Gasteiger partial charge in [0.25, 0.3) is 0 Å². The Balaban J connectivity index is 3.38. The topological polar surface area (TPSA) is 72.8 Å². The van der Waals surface area contributed by atoms with Crippen LogP contribution in [-0.2, 0) is 16.3 Å². The van der Waals surface area contributed by atoms with Crippen LogP contribution in [0, 0.1) is 0 Å². The Morgan fingerprint density at radius 1 is 1.18 bits per heavy atom. The van der Waals surface area contributed by atoms with Gasteiger partial charge in [0.2, 0.25) is 0 Å². The van der Waals surface area contributed by atoms with Crippen molar-refractivity contribution >= 4 is 15.9 Å². The molecule has 1 aromatic rings. The lowest BCUT2D eigenvalue weighted by atomic mass is 9.94. The predicted molar refractivity (Wildman–Crippen MR) is 88.0 cm³/mol. The molecule has 22 heavy (non-hydrogen) atoms. The normalized spacial score (nSPS) is 12.6. The van der Waals surface area contributed by atoms with Gasteiger partial charge in [0, 0.05) is 11.8 Å². The van der Waals surface area contributed by atoms with E-state index >= 15 is 0 Å². The van der Waals surface area contributed by atoms with Gasteiger partial charge in [-0.05, 0) is 43.2 Å². The molecule has 0 aliphatic carbocycles. The highest BCUT2D eigenvalue weighted by molar-refractivity contribution is 7.94. The molecule has 0 saturated heterocycles. The van der Waals surface area contributed by atoms with Crippen molar-refractivity contribution < 1.29 is 23.0 Å². The molecule has 5 nitrogen and oxygen atoms in total. The Kier molecular flexibility index (Phi) is 6.02. The molecule has 0 bridgehead atoms. The van der Waals surface area contributed by atoms with Crippen LogP contribution in [0.25, 0.3) is 6.08 Å². The molecule has 1 rings (SSSR count). The van der Waals surface area contributed by atoms with E-state index in [1.165, 1.54) is 25.7 Å². The second-order valence-corrected chi connectivity index (χ2v) is 7.82. The third-order valence-corrected chi connectivity index (χ3v) is 4.48. The number of sulfone groups is 1. The molecule has 0 heterocycles. The van der Waals surface area contributed by atoms with Gasteiger partial charge in [-0.3, -0.25) is 0 Å². The van der Waals surface area contributed by atoms with Gasteiger partial charge < -0.3 is 14.6 Å². The quantitative estimate of drug-likeness (QED) is 0.832. The maximum absolute atomic E-state index is 11.7. The summed E-state index contributed by atoms with van der Waals surface area (Å²) in [4.78, 5) is 0. The molecule has 0 amide bonds. The van der Waals surface area contributed by atoms with Crippen molar-refractivity contribution in [1.82, 2.24) is 0 Å². The standard InChI is InChI=1S/C16H24O5S/c1-6-22(18,19)8-7-12-9-14(20-4)15(21-5)10-13(12)11-16(2,3)17/h7-10,17H,6,11H2,1-5H3/b8-7+. The first-order chi connectivity index (χ1) is 10.1. The van der Waals surface area contributed by atoms with E-state index in [-0.39, 0.29) is 5.75 Å². The predicted octanol–water partition coefficient (Wildman–Crippen LogP) is 2.42. The Hall–Kier alpha value is -1.53. The molecule has 0 radical (unpaired) electrons. The molecule has 1 aromatic carbocycles. The summed E-state index contributed by atoms with van der Waals surface area (Å²) in [6.07, 6.45) is 1.89. The molecule has 0 unspecified atom stereocenters. The minimum atomic E-state index is -3.23. The Bertz CT molecular complexity index is 639. The number of rotatable bonds is 7. The number of benzene rings is 1. The van der Waals surface area contributed by atoms with Gasteiger partial charge in [-0.15, -0.1) is 0 Å². The Morgan fingerprint density at radius 3 is 2.18 bits per heavy atom. The Morgan fingerprint density at radius 2 is 1.73 bits per heavy atom. The van der Waals surface area contributed by atoms with E-state index in [4.69, 9.17) is 9.47 Å². The van der Waals surface area contributed by atoms with E-state index in [1.807, 2.05) is 0 Å². The number of ether oxygens (including phenoxy) is 2. The number of hydrogen-bond acceptors (Lipinski definition) is 5. The van der Waals surface area contributed by atoms with Gasteiger partial charge in [-0.2, -0.15) is 0 Å². The van der Waals surface area contributed by atoms with Crippen molar-refractivity contribution in [3.63, 3.8) is 0 Å². The SMILES string of the molecule is CCS(=O)(=O)/C=C/c1cc(OC)c(OC)cc1CC(C)(C)O. The summed E-state index contributed by atoms with van der Waals surface area (Å²) in [5, 5.41) is 11.2. The molecule has 1 N–H and O–H groups in total. The summed E-state index contributed by atoms with van der Waals surface area (Å²) < 4.78 is 33.8. The summed E-state index contributed by atoms with van der Waals surface area (Å²) in [6.45, 7) is 4.98. The van der Waals surface area contributed by atoms with Gasteiger partial charge in [0.15, 0.2) is 21.3 Å². The second-order valence-electron chi connectivity index (χ2n) is 5.65. The van der Waals surface area contributed by atoms with E-state index in [9.17, 15) is 13.5 Å². The first kappa shape index (κ1) is 18.5. The van der Waals surface area contributed by atoms with Crippen molar-refractivity contribution in [2.75, 3.05) is 20.0 Å². The zero-order valence-corrected chi connectivity index (χ0v) is 14.5. The number of hydrogen-bond donors (Lipinski definition) is 1. The van der Waals surface area contributed by atoms with Crippen LogP contribution in [0.1, 0.15) is 31.9 Å². The van der Waals surface area contributed by atoms with E-state index < -0.39 is 15.4 Å². The molecule has 0 atom stereocenters. The summed E-state index contributed by atoms with van der Waals surface area (Å²) >= 11 is 0. The van der Waals surface area contributed by atoms with Crippen LogP contribution in [0.15, 0.2) is 17.5 Å². The van der Waals surface area contributed by atoms with E-state index in [2.05, 4.69) is 0 Å². The fourth-order valence-corrected chi connectivity index (χ4v) is 2.53. The molecule has 6 heteroatoms. The van der Waals surface area contributed by atoms with Crippen molar-refractivity contribution in [1.29, 1.82) is 0 Å². The summed E-state index contributed by atoms with van der Waals surface area (Å²) in [7, 11) is -0.180. The highest BCUT2D eigenvalue weighted by atomic mass is 32.2. The highest BCUT2D eigenvalue weighted by Gasteiger charge is 2.18. The van der Waals surface area contributed by atoms with Gasteiger partial charge >= 0.3 is 0 Å². The summed E-state index contributed by atoms with van der Waals surface area (Å²) in [6, 6.07) is 3.47. The van der Waals surface area contributed by atoms with Crippen LogP contribution in [0.5, 0.6) is 11.5 Å². The van der Waals surface area contributed by atoms with Crippen LogP contribution in [0.3, 0.4) is 0 Å². The van der Waals surface area contributed by atoms with Gasteiger partial charge in [-0.1, -0.05) is 6.92 Å². The molecular weight excluding hydrogens is 304 g/mol. The largest absolute Gasteiger partial charge is 0.493 e. The average molecular weight is 328 g/mol. The zero-order valence-electron chi connectivity index (χ0n) is 13.7. The maximum atomic E-state index is 11.7. The van der Waals surface area contributed by atoms with Crippen molar-refractivity contribution in [2.45, 2.75) is 32.8 Å².